The highest BCUT2D eigenvalue weighted by atomic mass is 16.5. The van der Waals surface area contributed by atoms with Gasteiger partial charge in [0, 0.05) is 12.0 Å². The van der Waals surface area contributed by atoms with Crippen LogP contribution >= 0.6 is 0 Å². The van der Waals surface area contributed by atoms with Crippen molar-refractivity contribution in [2.75, 3.05) is 12.4 Å². The number of ether oxygens (including phenoxy) is 1. The summed E-state index contributed by atoms with van der Waals surface area (Å²) >= 11 is 0. The number of nitriles is 1. The summed E-state index contributed by atoms with van der Waals surface area (Å²) in [6.45, 7) is 5.72. The summed E-state index contributed by atoms with van der Waals surface area (Å²) in [5.74, 6) is 1.88. The fourth-order valence-electron chi connectivity index (χ4n) is 2.49. The van der Waals surface area contributed by atoms with Crippen LogP contribution in [0.5, 0.6) is 5.75 Å². The molecule has 2 N–H and O–H groups in total. The Morgan fingerprint density at radius 2 is 2.12 bits per heavy atom. The summed E-state index contributed by atoms with van der Waals surface area (Å²) in [4.78, 5) is 8.96. The number of aliphatic hydroxyl groups is 1. The van der Waals surface area contributed by atoms with Gasteiger partial charge in [0.05, 0.1) is 30.3 Å². The van der Waals surface area contributed by atoms with Gasteiger partial charge in [-0.25, -0.2) is 9.97 Å². The van der Waals surface area contributed by atoms with Crippen molar-refractivity contribution in [3.63, 3.8) is 0 Å². The molecule has 6 heteroatoms. The molecule has 0 saturated carbocycles. The van der Waals surface area contributed by atoms with Crippen molar-refractivity contribution in [2.45, 2.75) is 33.6 Å². The van der Waals surface area contributed by atoms with Crippen LogP contribution in [0, 0.1) is 25.2 Å². The monoisotopic (exact) mass is 338 g/mol. The summed E-state index contributed by atoms with van der Waals surface area (Å²) in [7, 11) is 1.55. The number of aromatic nitrogens is 2. The molecule has 0 spiro atoms. The molecule has 0 amide bonds. The lowest BCUT2D eigenvalue weighted by Gasteiger charge is -2.14. The second-order valence-corrected chi connectivity index (χ2v) is 5.65. The van der Waals surface area contributed by atoms with Crippen molar-refractivity contribution in [2.24, 2.45) is 0 Å². The molecule has 2 aromatic rings. The van der Waals surface area contributed by atoms with E-state index >= 15 is 0 Å². The number of benzene rings is 1. The van der Waals surface area contributed by atoms with Crippen LogP contribution in [0.4, 0.5) is 5.82 Å². The van der Waals surface area contributed by atoms with Crippen LogP contribution in [0.3, 0.4) is 0 Å². The normalized spacial score (nSPS) is 11.1. The van der Waals surface area contributed by atoms with Gasteiger partial charge in [0.15, 0.2) is 0 Å². The minimum Gasteiger partial charge on any atom is -0.514 e. The molecule has 1 heterocycles. The summed E-state index contributed by atoms with van der Waals surface area (Å²) < 4.78 is 5.18. The lowest BCUT2D eigenvalue weighted by molar-refractivity contribution is 0.413. The predicted molar refractivity (Wildman–Crippen MR) is 96.6 cm³/mol. The fourth-order valence-corrected chi connectivity index (χ4v) is 2.49. The summed E-state index contributed by atoms with van der Waals surface area (Å²) in [6, 6.07) is 7.68. The van der Waals surface area contributed by atoms with Crippen LogP contribution < -0.4 is 10.1 Å². The van der Waals surface area contributed by atoms with Crippen LogP contribution in [-0.2, 0) is 6.42 Å². The van der Waals surface area contributed by atoms with Crippen molar-refractivity contribution in [1.29, 1.82) is 5.26 Å². The van der Waals surface area contributed by atoms with Gasteiger partial charge in [-0.15, -0.1) is 0 Å². The van der Waals surface area contributed by atoms with Crippen LogP contribution in [0.15, 0.2) is 30.2 Å². The Hall–Kier alpha value is -3.07. The first-order valence-electron chi connectivity index (χ1n) is 8.03. The lowest BCUT2D eigenvalue weighted by atomic mass is 10.0. The summed E-state index contributed by atoms with van der Waals surface area (Å²) in [5.41, 5.74) is 3.93. The Morgan fingerprint density at radius 3 is 2.72 bits per heavy atom. The number of hydrogen-bond donors (Lipinski definition) is 2. The van der Waals surface area contributed by atoms with Crippen molar-refractivity contribution in [3.05, 3.63) is 58.4 Å². The number of rotatable bonds is 6. The Morgan fingerprint density at radius 1 is 1.36 bits per heavy atom. The number of anilines is 1. The second-order valence-electron chi connectivity index (χ2n) is 5.65. The molecule has 0 aliphatic heterocycles. The molecule has 1 aromatic heterocycles. The zero-order valence-corrected chi connectivity index (χ0v) is 14.9. The highest BCUT2D eigenvalue weighted by Crippen LogP contribution is 2.23. The van der Waals surface area contributed by atoms with Crippen molar-refractivity contribution >= 4 is 5.82 Å². The third-order valence-corrected chi connectivity index (χ3v) is 3.93. The Labute approximate surface area is 147 Å². The van der Waals surface area contributed by atoms with Gasteiger partial charge < -0.3 is 15.2 Å². The Bertz CT molecular complexity index is 838. The van der Waals surface area contributed by atoms with E-state index in [1.165, 1.54) is 0 Å². The number of aliphatic hydroxyl groups excluding tert-OH is 1. The minimum absolute atomic E-state index is 0.498. The molecule has 0 atom stereocenters. The van der Waals surface area contributed by atoms with E-state index in [0.29, 0.717) is 41.5 Å². The first-order valence-corrected chi connectivity index (χ1v) is 8.03. The number of nitrogens with one attached hydrogen (secondary N) is 1. The highest BCUT2D eigenvalue weighted by Gasteiger charge is 2.12. The van der Waals surface area contributed by atoms with Gasteiger partial charge in [-0.2, -0.15) is 5.26 Å². The highest BCUT2D eigenvalue weighted by molar-refractivity contribution is 5.52. The van der Waals surface area contributed by atoms with E-state index in [1.807, 2.05) is 32.9 Å². The van der Waals surface area contributed by atoms with E-state index in [9.17, 15) is 10.4 Å². The molecule has 25 heavy (non-hydrogen) atoms. The molecule has 0 bridgehead atoms. The molecule has 2 rings (SSSR count). The zero-order chi connectivity index (χ0) is 18.4. The maximum atomic E-state index is 9.25. The van der Waals surface area contributed by atoms with Crippen LogP contribution in [0.2, 0.25) is 0 Å². The van der Waals surface area contributed by atoms with E-state index < -0.39 is 0 Å². The largest absolute Gasteiger partial charge is 0.514 e. The first-order chi connectivity index (χ1) is 12.0. The molecule has 0 unspecified atom stereocenters. The summed E-state index contributed by atoms with van der Waals surface area (Å²) in [5, 5.41) is 21.6. The van der Waals surface area contributed by atoms with Crippen LogP contribution in [0.25, 0.3) is 0 Å². The minimum atomic E-state index is 0.498. The SMILES string of the molecule is CC/C(=C\O)Nc1nc(C)nc(Cc2ccc(OC)c(C#N)c2)c1C. The van der Waals surface area contributed by atoms with Gasteiger partial charge >= 0.3 is 0 Å². The molecule has 0 radical (unpaired) electrons. The molecule has 130 valence electrons. The molecular weight excluding hydrogens is 316 g/mol. The van der Waals surface area contributed by atoms with Gasteiger partial charge in [-0.1, -0.05) is 13.0 Å². The van der Waals surface area contributed by atoms with Gasteiger partial charge in [0.25, 0.3) is 0 Å². The predicted octanol–water partition coefficient (Wildman–Crippen LogP) is 3.79. The average Bonchev–Trinajstić information content (AvgIpc) is 2.62. The molecule has 0 aliphatic rings. The van der Waals surface area contributed by atoms with Crippen molar-refractivity contribution in [3.8, 4) is 11.8 Å². The average molecular weight is 338 g/mol. The number of nitrogens with zero attached hydrogens (tertiary/aromatic N) is 3. The van der Waals surface area contributed by atoms with E-state index in [0.717, 1.165) is 23.1 Å². The molecule has 0 aliphatic carbocycles. The maximum absolute atomic E-state index is 9.25. The van der Waals surface area contributed by atoms with E-state index in [2.05, 4.69) is 21.4 Å². The quantitative estimate of drug-likeness (QED) is 0.779. The zero-order valence-electron chi connectivity index (χ0n) is 14.9. The van der Waals surface area contributed by atoms with Crippen LogP contribution in [0.1, 0.15) is 41.6 Å². The smallest absolute Gasteiger partial charge is 0.137 e. The Balaban J connectivity index is 2.37. The van der Waals surface area contributed by atoms with E-state index in [-0.39, 0.29) is 0 Å². The molecule has 6 nitrogen and oxygen atoms in total. The Kier molecular flexibility index (Phi) is 5.96. The van der Waals surface area contributed by atoms with Crippen molar-refractivity contribution < 1.29 is 9.84 Å². The molecule has 0 saturated heterocycles. The molecule has 1 aromatic carbocycles. The van der Waals surface area contributed by atoms with Gasteiger partial charge in [-0.3, -0.25) is 0 Å². The fraction of sp³-hybridized carbons (Fsp3) is 0.316. The van der Waals surface area contributed by atoms with Gasteiger partial charge in [-0.05, 0) is 38.0 Å². The molecule has 0 fully saturated rings. The third kappa shape index (κ3) is 4.27. The molecular formula is C19H22N4O2. The maximum Gasteiger partial charge on any atom is 0.137 e. The number of hydrogen-bond acceptors (Lipinski definition) is 6. The second kappa shape index (κ2) is 8.15. The van der Waals surface area contributed by atoms with Crippen LogP contribution in [-0.4, -0.2) is 22.2 Å². The van der Waals surface area contributed by atoms with E-state index in [4.69, 9.17) is 4.74 Å². The van der Waals surface area contributed by atoms with Gasteiger partial charge in [0.1, 0.15) is 23.5 Å². The topological polar surface area (TPSA) is 91.1 Å². The number of allylic oxidation sites excluding steroid dienone is 1. The third-order valence-electron chi connectivity index (χ3n) is 3.93. The van der Waals surface area contributed by atoms with Crippen molar-refractivity contribution in [1.82, 2.24) is 9.97 Å². The van der Waals surface area contributed by atoms with E-state index in [1.54, 1.807) is 13.2 Å². The number of methoxy groups -OCH3 is 1. The number of aryl methyl sites for hydroxylation is 1. The standard InChI is InChI=1S/C19H22N4O2/c1-5-16(11-24)23-19-12(2)17(21-13(3)22-19)9-14-6-7-18(25-4)15(8-14)10-20/h6-8,11,24H,5,9H2,1-4H3,(H,21,22,23)/b16-11+. The summed E-state index contributed by atoms with van der Waals surface area (Å²) in [6.07, 6.45) is 2.30. The lowest BCUT2D eigenvalue weighted by Crippen LogP contribution is -2.09. The first kappa shape index (κ1) is 18.3. The van der Waals surface area contributed by atoms with Gasteiger partial charge in [0.2, 0.25) is 0 Å².